The Hall–Kier alpha value is -3.16. The van der Waals surface area contributed by atoms with E-state index in [2.05, 4.69) is 15.0 Å². The number of hydrogen-bond donors (Lipinski definition) is 1. The van der Waals surface area contributed by atoms with Crippen molar-refractivity contribution in [2.75, 3.05) is 6.54 Å². The number of rotatable bonds is 5. The Bertz CT molecular complexity index is 1050. The lowest BCUT2D eigenvalue weighted by atomic mass is 9.99. The number of benzene rings is 1. The van der Waals surface area contributed by atoms with Crippen LogP contribution in [0.2, 0.25) is 0 Å². The molecule has 0 aliphatic carbocycles. The van der Waals surface area contributed by atoms with Crippen LogP contribution in [-0.4, -0.2) is 27.3 Å². The van der Waals surface area contributed by atoms with Gasteiger partial charge in [-0.1, -0.05) is 0 Å². The highest BCUT2D eigenvalue weighted by Crippen LogP contribution is 2.34. The van der Waals surface area contributed by atoms with Crippen LogP contribution in [0.1, 0.15) is 31.4 Å². The fourth-order valence-corrected chi connectivity index (χ4v) is 3.17. The van der Waals surface area contributed by atoms with Gasteiger partial charge in [-0.15, -0.1) is 11.3 Å². The molecule has 28 heavy (non-hydrogen) atoms. The molecule has 0 fully saturated rings. The Morgan fingerprint density at radius 3 is 2.46 bits per heavy atom. The van der Waals surface area contributed by atoms with E-state index in [9.17, 15) is 18.0 Å². The second-order valence-electron chi connectivity index (χ2n) is 5.68. The van der Waals surface area contributed by atoms with Crippen molar-refractivity contribution in [2.45, 2.75) is 12.6 Å². The smallest absolute Gasteiger partial charge is 0.330 e. The van der Waals surface area contributed by atoms with Crippen LogP contribution in [-0.2, 0) is 12.6 Å². The Balaban J connectivity index is 2.05. The van der Waals surface area contributed by atoms with Crippen molar-refractivity contribution in [1.29, 1.82) is 5.26 Å². The standard InChI is InChI=1S/C18H12F3N5OS/c19-18(20,21)17-26-9-14(28-17)15(27)13-5-10(6-23)1-2-12(13)16-24-7-11(3-4-22)8-25-16/h1-2,5,7-9H,3-4,22H2. The van der Waals surface area contributed by atoms with Crippen LogP contribution < -0.4 is 5.73 Å². The second kappa shape index (κ2) is 7.84. The molecule has 142 valence electrons. The molecule has 3 aromatic rings. The number of ketones is 1. The van der Waals surface area contributed by atoms with Crippen molar-refractivity contribution < 1.29 is 18.0 Å². The van der Waals surface area contributed by atoms with Crippen molar-refractivity contribution in [3.05, 3.63) is 63.4 Å². The summed E-state index contributed by atoms with van der Waals surface area (Å²) in [4.78, 5) is 24.3. The summed E-state index contributed by atoms with van der Waals surface area (Å²) in [7, 11) is 0. The zero-order valence-corrected chi connectivity index (χ0v) is 15.0. The third-order valence-corrected chi connectivity index (χ3v) is 4.79. The maximum absolute atomic E-state index is 12.8. The summed E-state index contributed by atoms with van der Waals surface area (Å²) in [5, 5.41) is 8.00. The number of hydrogen-bond acceptors (Lipinski definition) is 7. The van der Waals surface area contributed by atoms with Gasteiger partial charge in [-0.05, 0) is 36.7 Å². The van der Waals surface area contributed by atoms with Crippen LogP contribution in [0, 0.1) is 11.3 Å². The molecule has 0 spiro atoms. The van der Waals surface area contributed by atoms with E-state index >= 15 is 0 Å². The number of thiazole rings is 1. The Morgan fingerprint density at radius 2 is 1.89 bits per heavy atom. The number of nitriles is 1. The average molecular weight is 403 g/mol. The first kappa shape index (κ1) is 19.6. The number of halogens is 3. The van der Waals surface area contributed by atoms with E-state index in [-0.39, 0.29) is 33.2 Å². The van der Waals surface area contributed by atoms with Gasteiger partial charge >= 0.3 is 6.18 Å². The van der Waals surface area contributed by atoms with Gasteiger partial charge in [0.25, 0.3) is 0 Å². The predicted octanol–water partition coefficient (Wildman–Crippen LogP) is 3.22. The molecule has 0 radical (unpaired) electrons. The molecule has 0 amide bonds. The molecule has 2 aromatic heterocycles. The quantitative estimate of drug-likeness (QED) is 0.656. The summed E-state index contributed by atoms with van der Waals surface area (Å²) in [6.07, 6.45) is -0.0426. The number of carbonyl (C=O) groups excluding carboxylic acids is 1. The van der Waals surface area contributed by atoms with Crippen molar-refractivity contribution in [3.8, 4) is 17.5 Å². The lowest BCUT2D eigenvalue weighted by molar-refractivity contribution is -0.137. The fraction of sp³-hybridized carbons (Fsp3) is 0.167. The topological polar surface area (TPSA) is 106 Å². The van der Waals surface area contributed by atoms with Gasteiger partial charge in [-0.25, -0.2) is 15.0 Å². The minimum Gasteiger partial charge on any atom is -0.330 e. The van der Waals surface area contributed by atoms with Crippen LogP contribution in [0.4, 0.5) is 13.2 Å². The van der Waals surface area contributed by atoms with E-state index in [1.807, 2.05) is 6.07 Å². The van der Waals surface area contributed by atoms with Crippen molar-refractivity contribution in [3.63, 3.8) is 0 Å². The molecule has 0 saturated heterocycles. The Morgan fingerprint density at radius 1 is 1.18 bits per heavy atom. The third kappa shape index (κ3) is 4.05. The number of nitrogens with zero attached hydrogens (tertiary/aromatic N) is 4. The summed E-state index contributed by atoms with van der Waals surface area (Å²) in [5.74, 6) is -0.469. The summed E-state index contributed by atoms with van der Waals surface area (Å²) in [6.45, 7) is 0.427. The molecule has 0 aliphatic rings. The van der Waals surface area contributed by atoms with Crippen molar-refractivity contribution >= 4 is 17.1 Å². The van der Waals surface area contributed by atoms with E-state index in [0.29, 0.717) is 18.5 Å². The van der Waals surface area contributed by atoms with E-state index in [4.69, 9.17) is 11.0 Å². The largest absolute Gasteiger partial charge is 0.443 e. The SMILES string of the molecule is N#Cc1ccc(-c2ncc(CCN)cn2)c(C(=O)c2cnc(C(F)(F)F)s2)c1. The van der Waals surface area contributed by atoms with Gasteiger partial charge < -0.3 is 5.73 Å². The zero-order chi connectivity index (χ0) is 20.3. The summed E-state index contributed by atoms with van der Waals surface area (Å²) >= 11 is 0.246. The molecule has 0 unspecified atom stereocenters. The molecular formula is C18H12F3N5OS. The highest BCUT2D eigenvalue weighted by Gasteiger charge is 2.35. The monoisotopic (exact) mass is 403 g/mol. The minimum atomic E-state index is -4.64. The fourth-order valence-electron chi connectivity index (χ4n) is 2.43. The highest BCUT2D eigenvalue weighted by atomic mass is 32.1. The van der Waals surface area contributed by atoms with Gasteiger partial charge in [-0.2, -0.15) is 18.4 Å². The van der Waals surface area contributed by atoms with Crippen molar-refractivity contribution in [2.24, 2.45) is 5.73 Å². The molecule has 0 saturated carbocycles. The molecular weight excluding hydrogens is 391 g/mol. The van der Waals surface area contributed by atoms with Crippen LogP contribution in [0.3, 0.4) is 0 Å². The van der Waals surface area contributed by atoms with Gasteiger partial charge in [0.15, 0.2) is 10.8 Å². The molecule has 10 heteroatoms. The molecule has 0 atom stereocenters. The normalized spacial score (nSPS) is 11.2. The van der Waals surface area contributed by atoms with E-state index in [1.54, 1.807) is 12.4 Å². The number of alkyl halides is 3. The molecule has 1 aromatic carbocycles. The first-order chi connectivity index (χ1) is 13.3. The minimum absolute atomic E-state index is 0.0306. The third-order valence-electron chi connectivity index (χ3n) is 3.74. The lowest BCUT2D eigenvalue weighted by Crippen LogP contribution is -2.06. The predicted molar refractivity (Wildman–Crippen MR) is 95.5 cm³/mol. The maximum Gasteiger partial charge on any atom is 0.443 e. The van der Waals surface area contributed by atoms with Gasteiger partial charge in [0, 0.05) is 29.7 Å². The molecule has 3 rings (SSSR count). The zero-order valence-electron chi connectivity index (χ0n) is 14.2. The highest BCUT2D eigenvalue weighted by molar-refractivity contribution is 7.14. The van der Waals surface area contributed by atoms with E-state index in [1.165, 1.54) is 18.2 Å². The number of nitrogens with two attached hydrogens (primary N) is 1. The second-order valence-corrected chi connectivity index (χ2v) is 6.71. The summed E-state index contributed by atoms with van der Waals surface area (Å²) in [6, 6.07) is 6.19. The number of aromatic nitrogens is 3. The van der Waals surface area contributed by atoms with Gasteiger partial charge in [0.1, 0.15) is 0 Å². The molecule has 2 heterocycles. The van der Waals surface area contributed by atoms with Crippen LogP contribution >= 0.6 is 11.3 Å². The molecule has 0 aliphatic heterocycles. The van der Waals surface area contributed by atoms with E-state index < -0.39 is 17.0 Å². The lowest BCUT2D eigenvalue weighted by Gasteiger charge is -2.08. The van der Waals surface area contributed by atoms with E-state index in [0.717, 1.165) is 11.8 Å². The Kier molecular flexibility index (Phi) is 5.48. The van der Waals surface area contributed by atoms with Crippen LogP contribution in [0.5, 0.6) is 0 Å². The van der Waals surface area contributed by atoms with Gasteiger partial charge in [0.05, 0.1) is 16.5 Å². The van der Waals surface area contributed by atoms with Gasteiger partial charge in [-0.3, -0.25) is 4.79 Å². The summed E-state index contributed by atoms with van der Waals surface area (Å²) < 4.78 is 38.4. The summed E-state index contributed by atoms with van der Waals surface area (Å²) in [5.41, 5.74) is 6.83. The number of carbonyl (C=O) groups is 1. The maximum atomic E-state index is 12.8. The first-order valence-electron chi connectivity index (χ1n) is 7.96. The average Bonchev–Trinajstić information content (AvgIpc) is 3.18. The molecule has 2 N–H and O–H groups in total. The Labute approximate surface area is 161 Å². The molecule has 6 nitrogen and oxygen atoms in total. The van der Waals surface area contributed by atoms with Crippen molar-refractivity contribution in [1.82, 2.24) is 15.0 Å². The van der Waals surface area contributed by atoms with Gasteiger partial charge in [0.2, 0.25) is 5.78 Å². The van der Waals surface area contributed by atoms with Crippen LogP contribution in [0.15, 0.2) is 36.8 Å². The van der Waals surface area contributed by atoms with Crippen LogP contribution in [0.25, 0.3) is 11.4 Å². The first-order valence-corrected chi connectivity index (χ1v) is 8.78. The molecule has 0 bridgehead atoms.